The van der Waals surface area contributed by atoms with Gasteiger partial charge in [0.25, 0.3) is 0 Å². The normalized spacial score (nSPS) is 20.8. The number of aromatic nitrogens is 6. The van der Waals surface area contributed by atoms with Crippen molar-refractivity contribution in [1.82, 2.24) is 67.2 Å². The van der Waals surface area contributed by atoms with Crippen LogP contribution in [0.3, 0.4) is 0 Å². The molecule has 2 bridgehead atoms. The Morgan fingerprint density at radius 1 is 0.789 bits per heavy atom. The van der Waals surface area contributed by atoms with Gasteiger partial charge in [-0.25, -0.2) is 4.98 Å². The summed E-state index contributed by atoms with van der Waals surface area (Å²) in [5, 5.41) is 28.7. The quantitative estimate of drug-likeness (QED) is 0.0305. The van der Waals surface area contributed by atoms with Crippen LogP contribution in [0.5, 0.6) is 0 Å². The van der Waals surface area contributed by atoms with Gasteiger partial charge >= 0.3 is 0 Å². The molecule has 15 N–H and O–H groups in total. The van der Waals surface area contributed by atoms with Gasteiger partial charge in [-0.2, -0.15) is 0 Å². The SMILES string of the molecule is CCCC[C@H](NC(C)=O)C(=O)N[C@H]1CCn2cc(nn2)CCC[C@@H](C(N)=O)NC(=O)[C@H](Cc2c[nH]c3ccccc23)NC(=O)[C@H](CCCN=C(N)N)NC(=O)[C@@H](Cc2ccccc2)NC(=O)[C@H](Cc2cnc[nH]2)NC1=O. The zero-order chi connectivity index (χ0) is 54.6. The van der Waals surface area contributed by atoms with E-state index in [9.17, 15) is 38.4 Å². The lowest BCUT2D eigenvalue weighted by Crippen LogP contribution is -2.61. The van der Waals surface area contributed by atoms with Crippen molar-refractivity contribution >= 4 is 64.1 Å². The van der Waals surface area contributed by atoms with E-state index in [4.69, 9.17) is 17.2 Å². The average Bonchev–Trinajstić information content (AvgIpc) is 4.18. The Morgan fingerprint density at radius 3 is 2.16 bits per heavy atom. The van der Waals surface area contributed by atoms with Crippen molar-refractivity contribution in [3.05, 3.63) is 102 Å². The Kier molecular flexibility index (Phi) is 21.0. The molecule has 406 valence electrons. The first-order valence-electron chi connectivity index (χ1n) is 25.5. The number of carbonyl (C=O) groups is 8. The Hall–Kier alpha value is -8.64. The van der Waals surface area contributed by atoms with Crippen LogP contribution in [-0.4, -0.2) is 132 Å². The molecule has 6 rings (SSSR count). The number of imidazole rings is 1. The number of H-pyrrole nitrogens is 2. The van der Waals surface area contributed by atoms with Gasteiger partial charge < -0.3 is 64.4 Å². The molecule has 25 heteroatoms. The van der Waals surface area contributed by atoms with Crippen LogP contribution in [0.4, 0.5) is 0 Å². The number of aliphatic imine (C=N–C) groups is 1. The number of nitrogens with one attached hydrogen (secondary N) is 9. The number of fused-ring (bicyclic) bond motifs is 3. The number of nitrogens with zero attached hydrogens (tertiary/aromatic N) is 5. The molecule has 0 aliphatic carbocycles. The molecule has 1 aliphatic heterocycles. The third-order valence-electron chi connectivity index (χ3n) is 12.8. The number of aryl methyl sites for hydroxylation is 2. The molecule has 76 heavy (non-hydrogen) atoms. The monoisotopic (exact) mass is 1050 g/mol. The Balaban J connectivity index is 1.39. The molecule has 8 amide bonds. The summed E-state index contributed by atoms with van der Waals surface area (Å²) in [5.41, 5.74) is 20.1. The first-order chi connectivity index (χ1) is 36.6. The highest BCUT2D eigenvalue weighted by Crippen LogP contribution is 2.20. The van der Waals surface area contributed by atoms with E-state index < -0.39 is 89.6 Å². The maximum atomic E-state index is 14.8. The van der Waals surface area contributed by atoms with Crippen LogP contribution in [-0.2, 0) is 70.6 Å². The third-order valence-corrected chi connectivity index (χ3v) is 12.8. The van der Waals surface area contributed by atoms with Crippen molar-refractivity contribution in [1.29, 1.82) is 0 Å². The fourth-order valence-electron chi connectivity index (χ4n) is 8.81. The smallest absolute Gasteiger partial charge is 0.243 e. The zero-order valence-corrected chi connectivity index (χ0v) is 42.7. The number of hydrogen-bond acceptors (Lipinski definition) is 12. The Morgan fingerprint density at radius 2 is 1.46 bits per heavy atom. The maximum Gasteiger partial charge on any atom is 0.243 e. The van der Waals surface area contributed by atoms with Gasteiger partial charge in [-0.05, 0) is 62.1 Å². The van der Waals surface area contributed by atoms with E-state index in [1.807, 2.05) is 31.2 Å². The van der Waals surface area contributed by atoms with E-state index in [1.165, 1.54) is 24.1 Å². The standard InChI is InChI=1S/C51H69N17O8/c1-3-4-16-38(59-30(2)69)45(71)62-40-20-22-68-28-33(66-67-68)14-10-18-37(44(52)70)60-49(75)42(24-32-26-57-36-17-9-8-15-35(32)36)64-46(72)39(19-11-21-56-51(53)54)61-48(74)41(23-31-12-6-5-7-13-31)63-50(76)43(65-47(40)73)25-34-27-55-29-58-34/h5-9,12-13,15,17,26-29,37-43,57H,3-4,10-11,14,16,18-25H2,1-2H3,(H2,52,70)(H,55,58)(H,59,69)(H,60,75)(H,61,74)(H,62,71)(H,63,76)(H,64,72)(H,65,73)(H4,53,54,56)/t37-,38-,39-,40-,41+,42-,43-/m0/s1. The summed E-state index contributed by atoms with van der Waals surface area (Å²) >= 11 is 0. The van der Waals surface area contributed by atoms with Gasteiger partial charge in [-0.15, -0.1) is 5.10 Å². The van der Waals surface area contributed by atoms with Crippen LogP contribution in [0.15, 0.2) is 84.5 Å². The number of guanidine groups is 1. The summed E-state index contributed by atoms with van der Waals surface area (Å²) in [6.45, 7) is 3.35. The Labute approximate surface area is 438 Å². The highest BCUT2D eigenvalue weighted by atomic mass is 16.2. The van der Waals surface area contributed by atoms with Crippen molar-refractivity contribution in [3.63, 3.8) is 0 Å². The van der Waals surface area contributed by atoms with E-state index in [1.54, 1.807) is 42.7 Å². The predicted molar refractivity (Wildman–Crippen MR) is 280 cm³/mol. The molecular formula is C51H69N17O8. The number of amides is 8. The highest BCUT2D eigenvalue weighted by molar-refractivity contribution is 5.98. The van der Waals surface area contributed by atoms with E-state index in [-0.39, 0.29) is 64.0 Å². The minimum atomic E-state index is -1.38. The molecular weight excluding hydrogens is 979 g/mol. The number of carbonyl (C=O) groups excluding carboxylic acids is 8. The molecule has 0 fully saturated rings. The molecule has 4 heterocycles. The largest absolute Gasteiger partial charge is 0.370 e. The van der Waals surface area contributed by atoms with E-state index >= 15 is 0 Å². The van der Waals surface area contributed by atoms with Crippen LogP contribution in [0.25, 0.3) is 10.9 Å². The second-order valence-electron chi connectivity index (χ2n) is 18.8. The lowest BCUT2D eigenvalue weighted by atomic mass is 10.0. The highest BCUT2D eigenvalue weighted by Gasteiger charge is 2.35. The molecule has 0 unspecified atom stereocenters. The molecule has 0 radical (unpaired) electrons. The van der Waals surface area contributed by atoms with Crippen molar-refractivity contribution in [2.24, 2.45) is 22.2 Å². The summed E-state index contributed by atoms with van der Waals surface area (Å²) < 4.78 is 1.48. The molecule has 5 aromatic rings. The number of unbranched alkanes of at least 4 members (excludes halogenated alkanes) is 1. The number of aromatic amines is 2. The lowest BCUT2D eigenvalue weighted by Gasteiger charge is -2.28. The van der Waals surface area contributed by atoms with Crippen molar-refractivity contribution in [2.75, 3.05) is 6.54 Å². The van der Waals surface area contributed by atoms with Gasteiger partial charge in [0, 0.05) is 74.5 Å². The topological polar surface area (TPSA) is 386 Å². The summed E-state index contributed by atoms with van der Waals surface area (Å²) in [6, 6.07) is 7.37. The number of primary amides is 1. The van der Waals surface area contributed by atoms with E-state index in [0.29, 0.717) is 48.2 Å². The number of benzene rings is 2. The summed E-state index contributed by atoms with van der Waals surface area (Å²) in [4.78, 5) is 126. The van der Waals surface area contributed by atoms with Crippen molar-refractivity contribution < 1.29 is 38.4 Å². The summed E-state index contributed by atoms with van der Waals surface area (Å²) in [6.07, 6.45) is 8.38. The third kappa shape index (κ3) is 17.2. The molecule has 0 saturated heterocycles. The van der Waals surface area contributed by atoms with Crippen molar-refractivity contribution in [3.8, 4) is 0 Å². The first kappa shape index (κ1) is 56.7. The van der Waals surface area contributed by atoms with Gasteiger partial charge in [0.1, 0.15) is 42.3 Å². The van der Waals surface area contributed by atoms with Gasteiger partial charge in [-0.1, -0.05) is 73.5 Å². The number of hydrogen-bond donors (Lipinski definition) is 12. The van der Waals surface area contributed by atoms with Gasteiger partial charge in [0.2, 0.25) is 47.3 Å². The molecule has 2 aromatic carbocycles. The van der Waals surface area contributed by atoms with E-state index in [2.05, 4.69) is 67.5 Å². The minimum Gasteiger partial charge on any atom is -0.370 e. The molecule has 25 nitrogen and oxygen atoms in total. The zero-order valence-electron chi connectivity index (χ0n) is 42.7. The number of para-hydroxylation sites is 1. The fraction of sp³-hybridized carbons (Fsp3) is 0.451. The first-order valence-corrected chi connectivity index (χ1v) is 25.5. The molecule has 0 spiro atoms. The predicted octanol–water partition coefficient (Wildman–Crippen LogP) is -0.920. The van der Waals surface area contributed by atoms with E-state index in [0.717, 1.165) is 17.3 Å². The Bertz CT molecular complexity index is 2790. The molecule has 1 aliphatic rings. The van der Waals surface area contributed by atoms with Crippen LogP contribution in [0.1, 0.15) is 87.7 Å². The lowest BCUT2D eigenvalue weighted by molar-refractivity contribution is -0.135. The van der Waals surface area contributed by atoms with Crippen LogP contribution < -0.4 is 54.4 Å². The number of nitrogens with two attached hydrogens (primary N) is 3. The number of rotatable bonds is 17. The molecule has 0 saturated carbocycles. The van der Waals surface area contributed by atoms with Crippen LogP contribution in [0, 0.1) is 0 Å². The van der Waals surface area contributed by atoms with Gasteiger partial charge in [0.05, 0.1) is 12.0 Å². The molecule has 7 atom stereocenters. The summed E-state index contributed by atoms with van der Waals surface area (Å²) in [7, 11) is 0. The second kappa shape index (κ2) is 28.1. The fourth-order valence-corrected chi connectivity index (χ4v) is 8.81. The second-order valence-corrected chi connectivity index (χ2v) is 18.8. The average molecular weight is 1050 g/mol. The van der Waals surface area contributed by atoms with Gasteiger partial charge in [0.15, 0.2) is 5.96 Å². The van der Waals surface area contributed by atoms with Crippen LogP contribution in [0.2, 0.25) is 0 Å². The summed E-state index contributed by atoms with van der Waals surface area (Å²) in [5.74, 6) is -5.92. The molecule has 3 aromatic heterocycles. The van der Waals surface area contributed by atoms with Crippen LogP contribution >= 0.6 is 0 Å². The van der Waals surface area contributed by atoms with Crippen molar-refractivity contribution in [2.45, 2.75) is 140 Å². The van der Waals surface area contributed by atoms with Gasteiger partial charge in [-0.3, -0.25) is 48.0 Å². The minimum absolute atomic E-state index is 0.0385. The maximum absolute atomic E-state index is 14.8.